The number of methoxy groups -OCH3 is 1. The van der Waals surface area contributed by atoms with Crippen LogP contribution in [0.25, 0.3) is 0 Å². The molecule has 1 heterocycles. The molecule has 0 bridgehead atoms. The average molecular weight is 261 g/mol. The fourth-order valence-corrected chi connectivity index (χ4v) is 2.44. The highest BCUT2D eigenvalue weighted by Gasteiger charge is 2.29. The van der Waals surface area contributed by atoms with Gasteiger partial charge in [-0.2, -0.15) is 0 Å². The van der Waals surface area contributed by atoms with Crippen molar-refractivity contribution >= 4 is 11.7 Å². The molecule has 1 aromatic rings. The molecule has 1 aliphatic heterocycles. The molecule has 4 heteroatoms. The quantitative estimate of drug-likeness (QED) is 0.837. The summed E-state index contributed by atoms with van der Waals surface area (Å²) in [6, 6.07) is 7.20. The molecule has 2 rings (SSSR count). The number of ketones is 1. The number of amides is 1. The Morgan fingerprint density at radius 3 is 2.84 bits per heavy atom. The van der Waals surface area contributed by atoms with E-state index in [9.17, 15) is 9.59 Å². The molecule has 0 N–H and O–H groups in total. The van der Waals surface area contributed by atoms with Crippen LogP contribution < -0.4 is 4.74 Å². The van der Waals surface area contributed by atoms with Crippen molar-refractivity contribution < 1.29 is 14.3 Å². The first-order valence-corrected chi connectivity index (χ1v) is 6.62. The molecule has 0 spiro atoms. The predicted molar refractivity (Wildman–Crippen MR) is 72.3 cm³/mol. The normalized spacial score (nSPS) is 19.4. The molecule has 1 unspecified atom stereocenters. The highest BCUT2D eigenvalue weighted by Crippen LogP contribution is 2.23. The average Bonchev–Trinajstić information content (AvgIpc) is 2.47. The van der Waals surface area contributed by atoms with E-state index in [-0.39, 0.29) is 17.6 Å². The first-order valence-electron chi connectivity index (χ1n) is 6.62. The van der Waals surface area contributed by atoms with Crippen LogP contribution in [0.3, 0.4) is 0 Å². The van der Waals surface area contributed by atoms with Crippen LogP contribution >= 0.6 is 0 Å². The Bertz CT molecular complexity index is 484. The summed E-state index contributed by atoms with van der Waals surface area (Å²) in [7, 11) is 1.56. The molecule has 1 aliphatic rings. The Morgan fingerprint density at radius 2 is 2.16 bits per heavy atom. The molecule has 0 aliphatic carbocycles. The third kappa shape index (κ3) is 2.78. The Morgan fingerprint density at radius 1 is 1.42 bits per heavy atom. The van der Waals surface area contributed by atoms with Gasteiger partial charge in [0.15, 0.2) is 0 Å². The van der Waals surface area contributed by atoms with Crippen LogP contribution in [-0.2, 0) is 4.79 Å². The van der Waals surface area contributed by atoms with E-state index in [4.69, 9.17) is 4.74 Å². The number of ether oxygens (including phenoxy) is 1. The molecule has 1 amide bonds. The zero-order chi connectivity index (χ0) is 13.8. The summed E-state index contributed by atoms with van der Waals surface area (Å²) < 4.78 is 5.22. The van der Waals surface area contributed by atoms with E-state index in [2.05, 4.69) is 0 Å². The SMILES string of the molecule is CCC1CN(C(=O)c2ccccc2OC)CCC1=O. The molecular formula is C15H19NO3. The molecule has 1 aromatic carbocycles. The van der Waals surface area contributed by atoms with Gasteiger partial charge in [-0.1, -0.05) is 19.1 Å². The maximum absolute atomic E-state index is 12.5. The fraction of sp³-hybridized carbons (Fsp3) is 0.467. The van der Waals surface area contributed by atoms with Gasteiger partial charge in [0, 0.05) is 25.4 Å². The number of likely N-dealkylation sites (tertiary alicyclic amines) is 1. The number of carbonyl (C=O) groups excluding carboxylic acids is 2. The van der Waals surface area contributed by atoms with E-state index in [1.165, 1.54) is 0 Å². The minimum absolute atomic E-state index is 0.0209. The van der Waals surface area contributed by atoms with E-state index < -0.39 is 0 Å². The fourth-order valence-electron chi connectivity index (χ4n) is 2.44. The van der Waals surface area contributed by atoms with Crippen LogP contribution in [0.1, 0.15) is 30.1 Å². The Kier molecular flexibility index (Phi) is 4.20. The second-order valence-electron chi connectivity index (χ2n) is 4.77. The number of Topliss-reactive ketones (excluding diaryl/α,β-unsaturated/α-hetero) is 1. The number of piperidine rings is 1. The Hall–Kier alpha value is -1.84. The summed E-state index contributed by atoms with van der Waals surface area (Å²) in [5.74, 6) is 0.778. The van der Waals surface area contributed by atoms with Gasteiger partial charge in [0.2, 0.25) is 0 Å². The molecule has 0 saturated carbocycles. The van der Waals surface area contributed by atoms with E-state index in [0.29, 0.717) is 30.8 Å². The summed E-state index contributed by atoms with van der Waals surface area (Å²) in [4.78, 5) is 25.9. The summed E-state index contributed by atoms with van der Waals surface area (Å²) in [5, 5.41) is 0. The zero-order valence-electron chi connectivity index (χ0n) is 11.4. The molecule has 1 atom stereocenters. The van der Waals surface area contributed by atoms with Gasteiger partial charge in [-0.3, -0.25) is 9.59 Å². The lowest BCUT2D eigenvalue weighted by atomic mass is 9.93. The molecule has 1 fully saturated rings. The number of hydrogen-bond acceptors (Lipinski definition) is 3. The summed E-state index contributed by atoms with van der Waals surface area (Å²) in [5.41, 5.74) is 0.564. The lowest BCUT2D eigenvalue weighted by molar-refractivity contribution is -0.125. The second-order valence-corrected chi connectivity index (χ2v) is 4.77. The van der Waals surface area contributed by atoms with Crippen LogP contribution in [-0.4, -0.2) is 36.8 Å². The van der Waals surface area contributed by atoms with Gasteiger partial charge in [-0.05, 0) is 18.6 Å². The number of para-hydroxylation sites is 1. The van der Waals surface area contributed by atoms with E-state index in [0.717, 1.165) is 6.42 Å². The third-order valence-corrected chi connectivity index (χ3v) is 3.64. The maximum atomic E-state index is 12.5. The van der Waals surface area contributed by atoms with Gasteiger partial charge in [-0.15, -0.1) is 0 Å². The molecule has 0 radical (unpaired) electrons. The largest absolute Gasteiger partial charge is 0.496 e. The van der Waals surface area contributed by atoms with Gasteiger partial charge in [0.25, 0.3) is 5.91 Å². The monoisotopic (exact) mass is 261 g/mol. The molecule has 0 aromatic heterocycles. The molecule has 4 nitrogen and oxygen atoms in total. The van der Waals surface area contributed by atoms with Crippen molar-refractivity contribution in [1.82, 2.24) is 4.90 Å². The minimum Gasteiger partial charge on any atom is -0.496 e. The van der Waals surface area contributed by atoms with Crippen molar-refractivity contribution in [3.63, 3.8) is 0 Å². The Labute approximate surface area is 113 Å². The maximum Gasteiger partial charge on any atom is 0.257 e. The van der Waals surface area contributed by atoms with E-state index in [1.54, 1.807) is 24.1 Å². The van der Waals surface area contributed by atoms with Crippen molar-refractivity contribution in [3.8, 4) is 5.75 Å². The highest BCUT2D eigenvalue weighted by molar-refractivity contribution is 5.98. The summed E-state index contributed by atoms with van der Waals surface area (Å²) >= 11 is 0. The first kappa shape index (κ1) is 13.6. The number of rotatable bonds is 3. The van der Waals surface area contributed by atoms with Crippen molar-refractivity contribution in [3.05, 3.63) is 29.8 Å². The van der Waals surface area contributed by atoms with Crippen LogP contribution in [0.5, 0.6) is 5.75 Å². The lowest BCUT2D eigenvalue weighted by Gasteiger charge is -2.31. The van der Waals surface area contributed by atoms with Gasteiger partial charge in [0.05, 0.1) is 12.7 Å². The third-order valence-electron chi connectivity index (χ3n) is 3.64. The number of benzene rings is 1. The summed E-state index contributed by atoms with van der Waals surface area (Å²) in [6.07, 6.45) is 1.24. The number of nitrogens with zero attached hydrogens (tertiary/aromatic N) is 1. The van der Waals surface area contributed by atoms with Crippen LogP contribution in [0, 0.1) is 5.92 Å². The van der Waals surface area contributed by atoms with Gasteiger partial charge >= 0.3 is 0 Å². The second kappa shape index (κ2) is 5.87. The van der Waals surface area contributed by atoms with Crippen LogP contribution in [0.4, 0.5) is 0 Å². The van der Waals surface area contributed by atoms with Crippen molar-refractivity contribution in [1.29, 1.82) is 0 Å². The standard InChI is InChI=1S/C15H19NO3/c1-3-11-10-16(9-8-13(11)17)15(18)12-6-4-5-7-14(12)19-2/h4-7,11H,3,8-10H2,1-2H3. The van der Waals surface area contributed by atoms with Crippen molar-refractivity contribution in [2.75, 3.05) is 20.2 Å². The van der Waals surface area contributed by atoms with Gasteiger partial charge in [-0.25, -0.2) is 0 Å². The number of hydrogen-bond donors (Lipinski definition) is 0. The number of carbonyl (C=O) groups is 2. The Balaban J connectivity index is 2.18. The van der Waals surface area contributed by atoms with Crippen molar-refractivity contribution in [2.45, 2.75) is 19.8 Å². The van der Waals surface area contributed by atoms with Gasteiger partial charge in [0.1, 0.15) is 11.5 Å². The smallest absolute Gasteiger partial charge is 0.257 e. The van der Waals surface area contributed by atoms with Gasteiger partial charge < -0.3 is 9.64 Å². The molecular weight excluding hydrogens is 242 g/mol. The molecule has 1 saturated heterocycles. The lowest BCUT2D eigenvalue weighted by Crippen LogP contribution is -2.44. The van der Waals surface area contributed by atoms with Crippen LogP contribution in [0.15, 0.2) is 24.3 Å². The topological polar surface area (TPSA) is 46.6 Å². The van der Waals surface area contributed by atoms with Crippen molar-refractivity contribution in [2.24, 2.45) is 5.92 Å². The molecule has 19 heavy (non-hydrogen) atoms. The molecule has 102 valence electrons. The zero-order valence-corrected chi connectivity index (χ0v) is 11.4. The predicted octanol–water partition coefficient (Wildman–Crippen LogP) is 2.14. The summed E-state index contributed by atoms with van der Waals surface area (Å²) in [6.45, 7) is 3.01. The van der Waals surface area contributed by atoms with E-state index >= 15 is 0 Å². The minimum atomic E-state index is -0.0524. The first-order chi connectivity index (χ1) is 9.17. The van der Waals surface area contributed by atoms with Crippen LogP contribution in [0.2, 0.25) is 0 Å². The van der Waals surface area contributed by atoms with E-state index in [1.807, 2.05) is 19.1 Å². The highest BCUT2D eigenvalue weighted by atomic mass is 16.5.